The Hall–Kier alpha value is -0.820. The van der Waals surface area contributed by atoms with E-state index in [9.17, 15) is 0 Å². The Kier molecular flexibility index (Phi) is 2.53. The average molecular weight is 162 g/mol. The van der Waals surface area contributed by atoms with E-state index >= 15 is 0 Å². The predicted molar refractivity (Wildman–Crippen MR) is 51.9 cm³/mol. The molecule has 1 radical (unpaired) electrons. The van der Waals surface area contributed by atoms with Crippen molar-refractivity contribution in [2.24, 2.45) is 0 Å². The van der Waals surface area contributed by atoms with Crippen LogP contribution in [0.2, 0.25) is 0 Å². The van der Waals surface area contributed by atoms with E-state index < -0.39 is 0 Å². The summed E-state index contributed by atoms with van der Waals surface area (Å²) in [4.78, 5) is 0. The van der Waals surface area contributed by atoms with Crippen LogP contribution in [0.15, 0.2) is 24.3 Å². The van der Waals surface area contributed by atoms with Gasteiger partial charge in [-0.3, -0.25) is 5.73 Å². The molecule has 0 bridgehead atoms. The monoisotopic (exact) mass is 162 g/mol. The van der Waals surface area contributed by atoms with Gasteiger partial charge < -0.3 is 0 Å². The number of hydrogen-bond donors (Lipinski definition) is 0. The standard InChI is InChI=1S/C11H16N/c1-11(2,3)10-6-4-9(8-12)5-7-10/h4-7,12H,8H2,1-3H3. The molecule has 1 rings (SSSR count). The van der Waals surface area contributed by atoms with Crippen molar-refractivity contribution in [3.8, 4) is 0 Å². The van der Waals surface area contributed by atoms with Crippen molar-refractivity contribution in [3.05, 3.63) is 35.4 Å². The van der Waals surface area contributed by atoms with Crippen molar-refractivity contribution >= 4 is 0 Å². The van der Waals surface area contributed by atoms with Gasteiger partial charge in [0.25, 0.3) is 0 Å². The molecule has 12 heavy (non-hydrogen) atoms. The molecule has 0 atom stereocenters. The largest absolute Gasteiger partial charge is 0.253 e. The van der Waals surface area contributed by atoms with E-state index in [2.05, 4.69) is 32.9 Å². The van der Waals surface area contributed by atoms with Gasteiger partial charge in [-0.2, -0.15) is 0 Å². The summed E-state index contributed by atoms with van der Waals surface area (Å²) >= 11 is 0. The highest BCUT2D eigenvalue weighted by molar-refractivity contribution is 5.27. The molecule has 0 fully saturated rings. The van der Waals surface area contributed by atoms with Gasteiger partial charge in [-0.25, -0.2) is 0 Å². The van der Waals surface area contributed by atoms with Gasteiger partial charge in [-0.15, -0.1) is 0 Å². The lowest BCUT2D eigenvalue weighted by molar-refractivity contribution is 0.590. The van der Waals surface area contributed by atoms with Crippen LogP contribution in [0.1, 0.15) is 31.9 Å². The van der Waals surface area contributed by atoms with E-state index in [4.69, 9.17) is 5.73 Å². The fourth-order valence-corrected chi connectivity index (χ4v) is 1.12. The molecule has 0 amide bonds. The van der Waals surface area contributed by atoms with E-state index in [1.807, 2.05) is 12.1 Å². The minimum absolute atomic E-state index is 0.223. The molecule has 0 aliphatic carbocycles. The summed E-state index contributed by atoms with van der Waals surface area (Å²) in [5.41, 5.74) is 9.81. The van der Waals surface area contributed by atoms with Crippen LogP contribution in [0.4, 0.5) is 0 Å². The number of hydrogen-bond acceptors (Lipinski definition) is 0. The van der Waals surface area contributed by atoms with E-state index in [0.29, 0.717) is 6.54 Å². The molecule has 0 unspecified atom stereocenters. The van der Waals surface area contributed by atoms with E-state index in [1.54, 1.807) is 0 Å². The Balaban J connectivity index is 2.93. The molecule has 0 saturated carbocycles. The first-order valence-electron chi connectivity index (χ1n) is 4.28. The lowest BCUT2D eigenvalue weighted by Crippen LogP contribution is -2.10. The van der Waals surface area contributed by atoms with Gasteiger partial charge in [0.2, 0.25) is 0 Å². The zero-order valence-corrected chi connectivity index (χ0v) is 8.02. The Morgan fingerprint density at radius 3 is 1.92 bits per heavy atom. The summed E-state index contributed by atoms with van der Waals surface area (Å²) in [5, 5.41) is 0. The fourth-order valence-electron chi connectivity index (χ4n) is 1.12. The summed E-state index contributed by atoms with van der Waals surface area (Å²) < 4.78 is 0. The Bertz CT molecular complexity index is 241. The molecule has 1 nitrogen and oxygen atoms in total. The van der Waals surface area contributed by atoms with Gasteiger partial charge in [0.1, 0.15) is 0 Å². The predicted octanol–water partition coefficient (Wildman–Crippen LogP) is 2.77. The van der Waals surface area contributed by atoms with Gasteiger partial charge in [0.05, 0.1) is 0 Å². The van der Waals surface area contributed by atoms with Crippen molar-refractivity contribution < 1.29 is 0 Å². The summed E-state index contributed by atoms with van der Waals surface area (Å²) in [7, 11) is 0. The highest BCUT2D eigenvalue weighted by Gasteiger charge is 2.12. The second-order valence-electron chi connectivity index (χ2n) is 4.12. The fraction of sp³-hybridized carbons (Fsp3) is 0.455. The van der Waals surface area contributed by atoms with Gasteiger partial charge in [-0.1, -0.05) is 45.0 Å². The maximum absolute atomic E-state index is 7.17. The van der Waals surface area contributed by atoms with E-state index in [-0.39, 0.29) is 5.41 Å². The van der Waals surface area contributed by atoms with Crippen LogP contribution in [0.5, 0.6) is 0 Å². The minimum Gasteiger partial charge on any atom is -0.253 e. The van der Waals surface area contributed by atoms with Crippen LogP contribution in [0.3, 0.4) is 0 Å². The molecule has 0 aromatic heterocycles. The smallest absolute Gasteiger partial charge is 0.0351 e. The molecule has 1 aromatic rings. The van der Waals surface area contributed by atoms with Gasteiger partial charge in [0.15, 0.2) is 0 Å². The maximum atomic E-state index is 7.17. The molecule has 0 aliphatic rings. The van der Waals surface area contributed by atoms with Crippen molar-refractivity contribution in [1.29, 1.82) is 0 Å². The van der Waals surface area contributed by atoms with E-state index in [1.165, 1.54) is 5.56 Å². The van der Waals surface area contributed by atoms with Crippen molar-refractivity contribution in [3.63, 3.8) is 0 Å². The number of benzene rings is 1. The first kappa shape index (κ1) is 9.27. The van der Waals surface area contributed by atoms with E-state index in [0.717, 1.165) is 5.56 Å². The molecule has 0 aliphatic heterocycles. The van der Waals surface area contributed by atoms with Gasteiger partial charge in [0, 0.05) is 6.54 Å². The van der Waals surface area contributed by atoms with Crippen LogP contribution in [-0.4, -0.2) is 0 Å². The van der Waals surface area contributed by atoms with Gasteiger partial charge in [-0.05, 0) is 16.5 Å². The molecule has 1 heteroatoms. The molecule has 1 N–H and O–H groups in total. The summed E-state index contributed by atoms with van der Waals surface area (Å²) in [6.07, 6.45) is 0. The number of rotatable bonds is 1. The highest BCUT2D eigenvalue weighted by atomic mass is 14.5. The SMILES string of the molecule is CC(C)(C)c1ccc(C[NH])cc1. The van der Waals surface area contributed by atoms with Crippen LogP contribution in [-0.2, 0) is 12.0 Å². The van der Waals surface area contributed by atoms with Crippen LogP contribution in [0.25, 0.3) is 0 Å². The molecule has 65 valence electrons. The summed E-state index contributed by atoms with van der Waals surface area (Å²) in [6.45, 7) is 6.97. The number of nitrogens with one attached hydrogen (secondary N) is 1. The highest BCUT2D eigenvalue weighted by Crippen LogP contribution is 2.21. The lowest BCUT2D eigenvalue weighted by atomic mass is 9.87. The molecule has 0 spiro atoms. The van der Waals surface area contributed by atoms with Crippen molar-refractivity contribution in [1.82, 2.24) is 5.73 Å². The molecule has 0 saturated heterocycles. The minimum atomic E-state index is 0.223. The summed E-state index contributed by atoms with van der Waals surface area (Å²) in [5.74, 6) is 0. The van der Waals surface area contributed by atoms with Crippen molar-refractivity contribution in [2.75, 3.05) is 0 Å². The Morgan fingerprint density at radius 2 is 1.58 bits per heavy atom. The molecule has 0 heterocycles. The third kappa shape index (κ3) is 2.08. The zero-order chi connectivity index (χ0) is 9.19. The maximum Gasteiger partial charge on any atom is 0.0351 e. The second-order valence-corrected chi connectivity index (χ2v) is 4.12. The van der Waals surface area contributed by atoms with Crippen molar-refractivity contribution in [2.45, 2.75) is 32.7 Å². The first-order valence-corrected chi connectivity index (χ1v) is 4.28. The third-order valence-electron chi connectivity index (χ3n) is 2.02. The Morgan fingerprint density at radius 1 is 1.08 bits per heavy atom. The topological polar surface area (TPSA) is 23.8 Å². The molecule has 1 aromatic carbocycles. The third-order valence-corrected chi connectivity index (χ3v) is 2.02. The lowest BCUT2D eigenvalue weighted by Gasteiger charge is -2.18. The second kappa shape index (κ2) is 3.28. The quantitative estimate of drug-likeness (QED) is 0.606. The Labute approximate surface area is 74.6 Å². The zero-order valence-electron chi connectivity index (χ0n) is 8.02. The van der Waals surface area contributed by atoms with Crippen LogP contribution in [0, 0.1) is 0 Å². The van der Waals surface area contributed by atoms with Crippen LogP contribution < -0.4 is 5.73 Å². The molecular weight excluding hydrogens is 146 g/mol. The molecular formula is C11H16N. The first-order chi connectivity index (χ1) is 5.54. The van der Waals surface area contributed by atoms with Gasteiger partial charge >= 0.3 is 0 Å². The van der Waals surface area contributed by atoms with Crippen LogP contribution >= 0.6 is 0 Å². The average Bonchev–Trinajstić information content (AvgIpc) is 2.03. The summed E-state index contributed by atoms with van der Waals surface area (Å²) in [6, 6.07) is 8.30. The normalized spacial score (nSPS) is 11.7.